The van der Waals surface area contributed by atoms with E-state index in [9.17, 15) is 9.90 Å². The van der Waals surface area contributed by atoms with Crippen molar-refractivity contribution in [2.45, 2.75) is 44.7 Å². The third kappa shape index (κ3) is 6.72. The van der Waals surface area contributed by atoms with E-state index in [-0.39, 0.29) is 30.7 Å². The van der Waals surface area contributed by atoms with Gasteiger partial charge in [-0.3, -0.25) is 14.3 Å². The summed E-state index contributed by atoms with van der Waals surface area (Å²) >= 11 is 1.34. The SMILES string of the molecule is COCc1ccccc1CN1CCOc2cc(C(=O)NC(CCO)C3CCNC(OSC)C3)ccc21. The average Bonchev–Trinajstić information content (AvgIpc) is 2.90. The van der Waals surface area contributed by atoms with Crippen LogP contribution in [0.5, 0.6) is 5.75 Å². The standard InChI is InChI=1S/C27H37N3O5S/c1-33-18-22-6-4-3-5-21(22)17-30-12-14-34-25-15-20(7-8-24(25)30)27(32)29-23(10-13-31)19-9-11-28-26(16-19)35-36-2/h3-8,15,19,23,26,28,31H,9-14,16-18H2,1-2H3,(H,29,32). The number of carbonyl (C=O) groups excluding carboxylic acids is 1. The van der Waals surface area contributed by atoms with Gasteiger partial charge in [-0.05, 0) is 73.1 Å². The van der Waals surface area contributed by atoms with E-state index >= 15 is 0 Å². The van der Waals surface area contributed by atoms with Crippen LogP contribution in [0.2, 0.25) is 0 Å². The number of fused-ring (bicyclic) bond motifs is 1. The fraction of sp³-hybridized carbons (Fsp3) is 0.519. The lowest BCUT2D eigenvalue weighted by atomic mass is 9.87. The van der Waals surface area contributed by atoms with Gasteiger partial charge in [-0.1, -0.05) is 24.3 Å². The van der Waals surface area contributed by atoms with E-state index in [1.54, 1.807) is 7.11 Å². The Labute approximate surface area is 217 Å². The lowest BCUT2D eigenvalue weighted by molar-refractivity contribution is 0.0809. The first kappa shape index (κ1) is 26.8. The molecule has 2 aliphatic heterocycles. The molecule has 2 aromatic rings. The number of benzene rings is 2. The molecule has 1 fully saturated rings. The zero-order valence-corrected chi connectivity index (χ0v) is 21.9. The van der Waals surface area contributed by atoms with Gasteiger partial charge in [0.2, 0.25) is 0 Å². The van der Waals surface area contributed by atoms with E-state index in [2.05, 4.69) is 27.7 Å². The van der Waals surface area contributed by atoms with Gasteiger partial charge in [-0.25, -0.2) is 0 Å². The van der Waals surface area contributed by atoms with Crippen molar-refractivity contribution >= 4 is 23.6 Å². The van der Waals surface area contributed by atoms with Crippen molar-refractivity contribution in [3.8, 4) is 5.75 Å². The Balaban J connectivity index is 1.46. The molecule has 4 rings (SSSR count). The number of aliphatic hydroxyl groups excluding tert-OH is 1. The molecule has 2 heterocycles. The number of amides is 1. The number of hydrogen-bond donors (Lipinski definition) is 3. The predicted octanol–water partition coefficient (Wildman–Crippen LogP) is 3.33. The summed E-state index contributed by atoms with van der Waals surface area (Å²) in [5, 5.41) is 16.2. The molecule has 2 aromatic carbocycles. The van der Waals surface area contributed by atoms with Gasteiger partial charge < -0.3 is 24.8 Å². The van der Waals surface area contributed by atoms with E-state index in [4.69, 9.17) is 13.7 Å². The van der Waals surface area contributed by atoms with Crippen molar-refractivity contribution in [2.24, 2.45) is 5.92 Å². The Morgan fingerprint density at radius 1 is 1.31 bits per heavy atom. The summed E-state index contributed by atoms with van der Waals surface area (Å²) in [7, 11) is 1.71. The van der Waals surface area contributed by atoms with E-state index in [1.165, 1.54) is 23.2 Å². The number of nitrogens with one attached hydrogen (secondary N) is 2. The second-order valence-corrected chi connectivity index (χ2v) is 9.76. The fourth-order valence-electron chi connectivity index (χ4n) is 5.07. The molecular formula is C27H37N3O5S. The highest BCUT2D eigenvalue weighted by Gasteiger charge is 2.30. The molecule has 1 saturated heterocycles. The summed E-state index contributed by atoms with van der Waals surface area (Å²) in [6.07, 6.45) is 4.08. The van der Waals surface area contributed by atoms with E-state index in [0.29, 0.717) is 30.9 Å². The van der Waals surface area contributed by atoms with Crippen molar-refractivity contribution in [2.75, 3.05) is 44.6 Å². The predicted molar refractivity (Wildman–Crippen MR) is 142 cm³/mol. The number of nitrogens with zero attached hydrogens (tertiary/aromatic N) is 1. The maximum atomic E-state index is 13.2. The smallest absolute Gasteiger partial charge is 0.251 e. The number of hydrogen-bond acceptors (Lipinski definition) is 8. The highest BCUT2D eigenvalue weighted by Crippen LogP contribution is 2.34. The Bertz CT molecular complexity index is 1010. The van der Waals surface area contributed by atoms with Gasteiger partial charge >= 0.3 is 0 Å². The lowest BCUT2D eigenvalue weighted by Gasteiger charge is -2.35. The fourth-order valence-corrected chi connectivity index (χ4v) is 5.45. The second-order valence-electron chi connectivity index (χ2n) is 9.24. The number of piperidine rings is 1. The summed E-state index contributed by atoms with van der Waals surface area (Å²) in [4.78, 5) is 15.5. The zero-order valence-electron chi connectivity index (χ0n) is 21.1. The van der Waals surface area contributed by atoms with E-state index < -0.39 is 0 Å². The van der Waals surface area contributed by atoms with Gasteiger partial charge in [0.05, 0.1) is 18.8 Å². The highest BCUT2D eigenvalue weighted by molar-refractivity contribution is 7.93. The molecule has 1 amide bonds. The zero-order chi connectivity index (χ0) is 25.3. The largest absolute Gasteiger partial charge is 0.490 e. The Morgan fingerprint density at radius 3 is 2.92 bits per heavy atom. The summed E-state index contributed by atoms with van der Waals surface area (Å²) in [6.45, 7) is 3.49. The highest BCUT2D eigenvalue weighted by atomic mass is 32.2. The van der Waals surface area contributed by atoms with Crippen LogP contribution in [0.1, 0.15) is 40.7 Å². The molecule has 0 bridgehead atoms. The third-order valence-corrected chi connectivity index (χ3v) is 7.33. The quantitative estimate of drug-likeness (QED) is 0.393. The number of aliphatic hydroxyl groups is 1. The van der Waals surface area contributed by atoms with E-state index in [1.807, 2.05) is 36.6 Å². The maximum Gasteiger partial charge on any atom is 0.251 e. The number of carbonyl (C=O) groups is 1. The van der Waals surface area contributed by atoms with Gasteiger partial charge in [-0.15, -0.1) is 0 Å². The van der Waals surface area contributed by atoms with Crippen LogP contribution in [-0.2, 0) is 22.1 Å². The van der Waals surface area contributed by atoms with Crippen molar-refractivity contribution in [1.82, 2.24) is 10.6 Å². The van der Waals surface area contributed by atoms with Crippen LogP contribution in [0, 0.1) is 5.92 Å². The first-order valence-electron chi connectivity index (χ1n) is 12.5. The molecule has 0 spiro atoms. The van der Waals surface area contributed by atoms with Gasteiger partial charge in [0, 0.05) is 38.1 Å². The minimum atomic E-state index is -0.150. The van der Waals surface area contributed by atoms with Crippen LogP contribution in [0.15, 0.2) is 42.5 Å². The number of rotatable bonds is 11. The summed E-state index contributed by atoms with van der Waals surface area (Å²) in [5.74, 6) is 0.798. The van der Waals surface area contributed by atoms with Crippen molar-refractivity contribution in [3.63, 3.8) is 0 Å². The Hall–Kier alpha value is -2.30. The van der Waals surface area contributed by atoms with Crippen LogP contribution < -0.4 is 20.3 Å². The van der Waals surface area contributed by atoms with Gasteiger partial charge in [-0.2, -0.15) is 0 Å². The van der Waals surface area contributed by atoms with Crippen LogP contribution in [-0.4, -0.2) is 63.0 Å². The molecule has 0 radical (unpaired) electrons. The molecule has 3 unspecified atom stereocenters. The van der Waals surface area contributed by atoms with Crippen molar-refractivity contribution in [3.05, 3.63) is 59.2 Å². The number of anilines is 1. The summed E-state index contributed by atoms with van der Waals surface area (Å²) < 4.78 is 17.0. The Kier molecular flexibility index (Phi) is 9.89. The Morgan fingerprint density at radius 2 is 2.14 bits per heavy atom. The molecule has 3 N–H and O–H groups in total. The average molecular weight is 516 g/mol. The van der Waals surface area contributed by atoms with Crippen molar-refractivity contribution in [1.29, 1.82) is 0 Å². The number of methoxy groups -OCH3 is 1. The molecule has 8 nitrogen and oxygen atoms in total. The van der Waals surface area contributed by atoms with Gasteiger partial charge in [0.25, 0.3) is 5.91 Å². The van der Waals surface area contributed by atoms with Crippen LogP contribution in [0.4, 0.5) is 5.69 Å². The minimum Gasteiger partial charge on any atom is -0.490 e. The summed E-state index contributed by atoms with van der Waals surface area (Å²) in [5.41, 5.74) is 3.92. The van der Waals surface area contributed by atoms with Crippen LogP contribution in [0.3, 0.4) is 0 Å². The minimum absolute atomic E-state index is 0.0235. The molecule has 0 aliphatic carbocycles. The van der Waals surface area contributed by atoms with E-state index in [0.717, 1.165) is 38.2 Å². The first-order chi connectivity index (χ1) is 17.6. The lowest BCUT2D eigenvalue weighted by Crippen LogP contribution is -2.48. The van der Waals surface area contributed by atoms with Gasteiger partial charge in [0.15, 0.2) is 0 Å². The molecule has 9 heteroatoms. The van der Waals surface area contributed by atoms with Crippen molar-refractivity contribution < 1.29 is 23.6 Å². The maximum absolute atomic E-state index is 13.2. The molecule has 196 valence electrons. The number of ether oxygens (including phenoxy) is 2. The summed E-state index contributed by atoms with van der Waals surface area (Å²) in [6, 6.07) is 13.8. The molecule has 0 saturated carbocycles. The van der Waals surface area contributed by atoms with Crippen LogP contribution >= 0.6 is 12.0 Å². The third-order valence-electron chi connectivity index (χ3n) is 6.90. The first-order valence-corrected chi connectivity index (χ1v) is 13.7. The molecule has 36 heavy (non-hydrogen) atoms. The normalized spacial score (nSPS) is 20.4. The topological polar surface area (TPSA) is 92.3 Å². The molecular weight excluding hydrogens is 478 g/mol. The van der Waals surface area contributed by atoms with Crippen LogP contribution in [0.25, 0.3) is 0 Å². The molecule has 3 atom stereocenters. The monoisotopic (exact) mass is 515 g/mol. The molecule has 0 aromatic heterocycles. The second kappa shape index (κ2) is 13.3. The van der Waals surface area contributed by atoms with Gasteiger partial charge in [0.1, 0.15) is 18.6 Å². The molecule has 2 aliphatic rings.